The Labute approximate surface area is 162 Å². The minimum Gasteiger partial charge on any atom is -0.495 e. The van der Waals surface area contributed by atoms with Crippen LogP contribution in [0.5, 0.6) is 5.75 Å². The SMILES string of the molecule is COc1cc[nH]c1/C=C1\C(=O)Nc2ccc(F)c(C#CCN3CC[C@H](O)C3)c21. The number of aliphatic hydroxyl groups is 1. The molecular weight excluding hydrogens is 361 g/mol. The number of aromatic nitrogens is 1. The predicted molar refractivity (Wildman–Crippen MR) is 104 cm³/mol. The average Bonchev–Trinajstić information content (AvgIpc) is 3.37. The number of methoxy groups -OCH3 is 1. The zero-order valence-electron chi connectivity index (χ0n) is 15.4. The van der Waals surface area contributed by atoms with Crippen LogP contribution in [0.15, 0.2) is 24.4 Å². The molecule has 0 unspecified atom stereocenters. The summed E-state index contributed by atoms with van der Waals surface area (Å²) in [5.74, 6) is 5.66. The number of hydrogen-bond acceptors (Lipinski definition) is 4. The highest BCUT2D eigenvalue weighted by atomic mass is 19.1. The molecule has 0 bridgehead atoms. The summed E-state index contributed by atoms with van der Waals surface area (Å²) < 4.78 is 19.8. The molecule has 0 radical (unpaired) electrons. The number of carbonyl (C=O) groups is 1. The highest BCUT2D eigenvalue weighted by Crippen LogP contribution is 2.37. The van der Waals surface area contributed by atoms with Gasteiger partial charge in [-0.15, -0.1) is 0 Å². The lowest BCUT2D eigenvalue weighted by atomic mass is 9.99. The normalized spacial score (nSPS) is 20.0. The average molecular weight is 381 g/mol. The molecule has 2 aliphatic heterocycles. The molecule has 144 valence electrons. The number of amides is 1. The minimum absolute atomic E-state index is 0.187. The van der Waals surface area contributed by atoms with E-state index in [1.54, 1.807) is 25.4 Å². The van der Waals surface area contributed by atoms with E-state index in [1.165, 1.54) is 12.1 Å². The van der Waals surface area contributed by atoms with Gasteiger partial charge in [0.1, 0.15) is 11.6 Å². The maximum Gasteiger partial charge on any atom is 0.256 e. The number of anilines is 1. The first-order valence-electron chi connectivity index (χ1n) is 9.03. The van der Waals surface area contributed by atoms with Crippen LogP contribution in [0.4, 0.5) is 10.1 Å². The number of benzene rings is 1. The molecule has 2 aliphatic rings. The zero-order valence-corrected chi connectivity index (χ0v) is 15.4. The first-order chi connectivity index (χ1) is 13.6. The predicted octanol–water partition coefficient (Wildman–Crippen LogP) is 2.07. The van der Waals surface area contributed by atoms with Crippen molar-refractivity contribution in [2.75, 3.05) is 32.1 Å². The molecule has 0 saturated carbocycles. The van der Waals surface area contributed by atoms with Crippen molar-refractivity contribution in [1.29, 1.82) is 0 Å². The molecule has 1 saturated heterocycles. The van der Waals surface area contributed by atoms with E-state index >= 15 is 0 Å². The molecule has 4 rings (SSSR count). The molecule has 1 aromatic carbocycles. The van der Waals surface area contributed by atoms with Crippen LogP contribution in [-0.4, -0.2) is 53.7 Å². The van der Waals surface area contributed by atoms with Crippen LogP contribution in [-0.2, 0) is 4.79 Å². The van der Waals surface area contributed by atoms with Crippen LogP contribution >= 0.6 is 0 Å². The quantitative estimate of drug-likeness (QED) is 0.562. The molecule has 3 heterocycles. The van der Waals surface area contributed by atoms with Crippen molar-refractivity contribution in [3.8, 4) is 17.6 Å². The molecule has 0 spiro atoms. The lowest BCUT2D eigenvalue weighted by Crippen LogP contribution is -2.22. The number of likely N-dealkylation sites (tertiary alicyclic amines) is 1. The van der Waals surface area contributed by atoms with Crippen LogP contribution < -0.4 is 10.1 Å². The van der Waals surface area contributed by atoms with Gasteiger partial charge in [0.15, 0.2) is 0 Å². The van der Waals surface area contributed by atoms with Gasteiger partial charge < -0.3 is 20.1 Å². The number of fused-ring (bicyclic) bond motifs is 1. The molecule has 3 N–H and O–H groups in total. The number of rotatable bonds is 3. The number of β-amino-alcohol motifs (C(OH)–C–C–N with tert-alkyl or cyclic N) is 1. The van der Waals surface area contributed by atoms with E-state index in [1.807, 2.05) is 4.90 Å². The van der Waals surface area contributed by atoms with Gasteiger partial charge >= 0.3 is 0 Å². The third-order valence-electron chi connectivity index (χ3n) is 4.93. The van der Waals surface area contributed by atoms with E-state index < -0.39 is 5.82 Å². The van der Waals surface area contributed by atoms with E-state index in [9.17, 15) is 14.3 Å². The second-order valence-corrected chi connectivity index (χ2v) is 6.80. The molecule has 6 nitrogen and oxygen atoms in total. The largest absolute Gasteiger partial charge is 0.495 e. The van der Waals surface area contributed by atoms with Crippen molar-refractivity contribution in [2.24, 2.45) is 0 Å². The summed E-state index contributed by atoms with van der Waals surface area (Å²) in [4.78, 5) is 17.5. The van der Waals surface area contributed by atoms with Gasteiger partial charge in [-0.1, -0.05) is 11.8 Å². The fraction of sp³-hybridized carbons (Fsp3) is 0.286. The molecule has 28 heavy (non-hydrogen) atoms. The summed E-state index contributed by atoms with van der Waals surface area (Å²) in [6, 6.07) is 4.59. The number of nitrogens with one attached hydrogen (secondary N) is 2. The number of hydrogen-bond donors (Lipinski definition) is 3. The molecule has 2 aromatic rings. The molecule has 7 heteroatoms. The van der Waals surface area contributed by atoms with Crippen LogP contribution in [0.3, 0.4) is 0 Å². The minimum atomic E-state index is -0.478. The van der Waals surface area contributed by atoms with Gasteiger partial charge in [0.05, 0.1) is 42.3 Å². The maximum absolute atomic E-state index is 14.6. The third-order valence-corrected chi connectivity index (χ3v) is 4.93. The second kappa shape index (κ2) is 7.50. The number of carbonyl (C=O) groups excluding carboxylic acids is 1. The molecule has 1 atom stereocenters. The van der Waals surface area contributed by atoms with Crippen molar-refractivity contribution in [3.05, 3.63) is 47.0 Å². The molecular formula is C21H20FN3O3. The van der Waals surface area contributed by atoms with Crippen molar-refractivity contribution in [1.82, 2.24) is 9.88 Å². The Bertz CT molecular complexity index is 1020. The summed E-state index contributed by atoms with van der Waals surface area (Å²) in [5, 5.41) is 12.4. The molecule has 1 aromatic heterocycles. The smallest absolute Gasteiger partial charge is 0.256 e. The Morgan fingerprint density at radius 3 is 3.04 bits per heavy atom. The molecule has 1 amide bonds. The van der Waals surface area contributed by atoms with Crippen LogP contribution in [0.25, 0.3) is 11.6 Å². The van der Waals surface area contributed by atoms with E-state index in [0.29, 0.717) is 41.4 Å². The Balaban J connectivity index is 1.71. The van der Waals surface area contributed by atoms with Gasteiger partial charge in [-0.25, -0.2) is 4.39 Å². The van der Waals surface area contributed by atoms with E-state index in [-0.39, 0.29) is 17.6 Å². The lowest BCUT2D eigenvalue weighted by Gasteiger charge is -2.09. The lowest BCUT2D eigenvalue weighted by molar-refractivity contribution is -0.110. The first-order valence-corrected chi connectivity index (χ1v) is 9.03. The number of halogens is 1. The summed E-state index contributed by atoms with van der Waals surface area (Å²) in [6.45, 7) is 1.77. The van der Waals surface area contributed by atoms with Crippen LogP contribution in [0.2, 0.25) is 0 Å². The summed E-state index contributed by atoms with van der Waals surface area (Å²) in [7, 11) is 1.54. The van der Waals surface area contributed by atoms with Crippen molar-refractivity contribution in [3.63, 3.8) is 0 Å². The number of H-pyrrole nitrogens is 1. The fourth-order valence-electron chi connectivity index (χ4n) is 3.52. The highest BCUT2D eigenvalue weighted by molar-refractivity contribution is 6.35. The van der Waals surface area contributed by atoms with Crippen LogP contribution in [0, 0.1) is 17.7 Å². The number of ether oxygens (including phenoxy) is 1. The second-order valence-electron chi connectivity index (χ2n) is 6.80. The van der Waals surface area contributed by atoms with Gasteiger partial charge in [-0.05, 0) is 30.7 Å². The van der Waals surface area contributed by atoms with Crippen LogP contribution in [0.1, 0.15) is 23.2 Å². The number of aliphatic hydroxyl groups excluding tert-OH is 1. The molecule has 0 aliphatic carbocycles. The van der Waals surface area contributed by atoms with Gasteiger partial charge in [0, 0.05) is 24.8 Å². The number of aromatic amines is 1. The van der Waals surface area contributed by atoms with Crippen molar-refractivity contribution in [2.45, 2.75) is 12.5 Å². The Kier molecular flexibility index (Phi) is 4.90. The Morgan fingerprint density at radius 2 is 2.29 bits per heavy atom. The Hall–Kier alpha value is -3.08. The third kappa shape index (κ3) is 3.40. The van der Waals surface area contributed by atoms with Crippen molar-refractivity contribution < 1.29 is 19.0 Å². The van der Waals surface area contributed by atoms with Crippen molar-refractivity contribution >= 4 is 23.2 Å². The van der Waals surface area contributed by atoms with Gasteiger partial charge in [-0.3, -0.25) is 9.69 Å². The topological polar surface area (TPSA) is 77.6 Å². The summed E-state index contributed by atoms with van der Waals surface area (Å²) in [5.41, 5.74) is 2.12. The first kappa shape index (κ1) is 18.3. The maximum atomic E-state index is 14.6. The summed E-state index contributed by atoms with van der Waals surface area (Å²) in [6.07, 6.45) is 3.74. The Morgan fingerprint density at radius 1 is 1.43 bits per heavy atom. The standard InChI is InChI=1S/C21H20FN3O3/c1-28-19-6-8-23-18(19)11-15-20-14(3-2-9-25-10-7-13(26)12-25)16(22)4-5-17(20)24-21(15)27/h4-6,8,11,13,23,26H,7,9-10,12H2,1H3,(H,24,27)/b15-11-/t13-/m0/s1. The molecule has 1 fully saturated rings. The number of nitrogens with zero attached hydrogens (tertiary/aromatic N) is 1. The highest BCUT2D eigenvalue weighted by Gasteiger charge is 2.29. The van der Waals surface area contributed by atoms with E-state index in [4.69, 9.17) is 4.74 Å². The monoisotopic (exact) mass is 381 g/mol. The van der Waals surface area contributed by atoms with E-state index in [0.717, 1.165) is 13.0 Å². The summed E-state index contributed by atoms with van der Waals surface area (Å²) >= 11 is 0. The van der Waals surface area contributed by atoms with Gasteiger partial charge in [0.2, 0.25) is 0 Å². The zero-order chi connectivity index (χ0) is 19.7. The van der Waals surface area contributed by atoms with E-state index in [2.05, 4.69) is 22.1 Å². The van der Waals surface area contributed by atoms with Gasteiger partial charge in [0.25, 0.3) is 5.91 Å². The van der Waals surface area contributed by atoms with Gasteiger partial charge in [-0.2, -0.15) is 0 Å². The fourth-order valence-corrected chi connectivity index (χ4v) is 3.52.